The normalized spacial score (nSPS) is 11.6. The number of benzene rings is 1. The first-order valence-corrected chi connectivity index (χ1v) is 6.91. The zero-order chi connectivity index (χ0) is 14.0. The fourth-order valence-electron chi connectivity index (χ4n) is 2.46. The Morgan fingerprint density at radius 3 is 2.37 bits per heavy atom. The molecular weight excluding hydrogens is 230 g/mol. The molecule has 19 heavy (non-hydrogen) atoms. The van der Waals surface area contributed by atoms with Crippen LogP contribution >= 0.6 is 0 Å². The lowest BCUT2D eigenvalue weighted by atomic mass is 9.88. The van der Waals surface area contributed by atoms with E-state index in [1.54, 1.807) is 0 Å². The Kier molecular flexibility index (Phi) is 3.75. The second-order valence-electron chi connectivity index (χ2n) is 6.58. The van der Waals surface area contributed by atoms with Gasteiger partial charge in [-0.15, -0.1) is 0 Å². The number of nitrogens with zero attached hydrogens (tertiary/aromatic N) is 1. The van der Waals surface area contributed by atoms with Gasteiger partial charge in [-0.1, -0.05) is 39.0 Å². The van der Waals surface area contributed by atoms with Crippen molar-refractivity contribution >= 4 is 0 Å². The molecule has 100 valence electrons. The molecule has 0 aliphatic carbocycles. The van der Waals surface area contributed by atoms with Crippen molar-refractivity contribution in [2.24, 2.45) is 12.5 Å². The van der Waals surface area contributed by atoms with Crippen LogP contribution in [0.3, 0.4) is 0 Å². The van der Waals surface area contributed by atoms with Crippen LogP contribution in [-0.4, -0.2) is 0 Å². The minimum Gasteiger partial charge on any atom is -0.201 e. The van der Waals surface area contributed by atoms with Crippen molar-refractivity contribution in [1.29, 1.82) is 0 Å². The van der Waals surface area contributed by atoms with Crippen LogP contribution in [0.25, 0.3) is 11.3 Å². The van der Waals surface area contributed by atoms with Crippen molar-refractivity contribution in [2.75, 3.05) is 0 Å². The third-order valence-corrected chi connectivity index (χ3v) is 3.37. The minimum absolute atomic E-state index is 0.322. The van der Waals surface area contributed by atoms with Crippen molar-refractivity contribution < 1.29 is 4.57 Å². The molecule has 2 aromatic rings. The molecule has 0 radical (unpaired) electrons. The molecule has 0 atom stereocenters. The van der Waals surface area contributed by atoms with Gasteiger partial charge in [0.1, 0.15) is 7.05 Å². The molecule has 0 fully saturated rings. The van der Waals surface area contributed by atoms with E-state index in [2.05, 4.69) is 81.9 Å². The van der Waals surface area contributed by atoms with E-state index in [4.69, 9.17) is 0 Å². The van der Waals surface area contributed by atoms with Gasteiger partial charge in [0.25, 0.3) is 0 Å². The Morgan fingerprint density at radius 1 is 1.05 bits per heavy atom. The summed E-state index contributed by atoms with van der Waals surface area (Å²) >= 11 is 0. The number of aromatic nitrogens is 1. The van der Waals surface area contributed by atoms with Crippen LogP contribution < -0.4 is 4.57 Å². The van der Waals surface area contributed by atoms with Gasteiger partial charge in [0.15, 0.2) is 6.20 Å². The SMILES string of the molecule is Cc1ccccc1-c1cc(CC(C)(C)C)cc[n+]1C. The number of aryl methyl sites for hydroxylation is 2. The number of rotatable bonds is 2. The summed E-state index contributed by atoms with van der Waals surface area (Å²) in [5, 5.41) is 0. The van der Waals surface area contributed by atoms with Crippen molar-refractivity contribution in [3.63, 3.8) is 0 Å². The summed E-state index contributed by atoms with van der Waals surface area (Å²) in [4.78, 5) is 0. The van der Waals surface area contributed by atoms with Crippen molar-refractivity contribution in [3.8, 4) is 11.3 Å². The van der Waals surface area contributed by atoms with Crippen molar-refractivity contribution in [1.82, 2.24) is 0 Å². The molecular formula is C18H24N+. The largest absolute Gasteiger partial charge is 0.212 e. The van der Waals surface area contributed by atoms with Crippen LogP contribution in [0.4, 0.5) is 0 Å². The Bertz CT molecular complexity index is 576. The molecule has 1 heterocycles. The van der Waals surface area contributed by atoms with Gasteiger partial charge < -0.3 is 0 Å². The van der Waals surface area contributed by atoms with E-state index in [-0.39, 0.29) is 0 Å². The van der Waals surface area contributed by atoms with Gasteiger partial charge in [0.2, 0.25) is 5.69 Å². The van der Waals surface area contributed by atoms with E-state index in [0.29, 0.717) is 5.41 Å². The van der Waals surface area contributed by atoms with E-state index in [1.807, 2.05) is 0 Å². The highest BCUT2D eigenvalue weighted by atomic mass is 14.9. The van der Waals surface area contributed by atoms with E-state index in [9.17, 15) is 0 Å². The molecule has 0 aliphatic rings. The summed E-state index contributed by atoms with van der Waals surface area (Å²) in [7, 11) is 2.11. The van der Waals surface area contributed by atoms with Crippen LogP contribution in [0.1, 0.15) is 31.9 Å². The highest BCUT2D eigenvalue weighted by Gasteiger charge is 2.16. The molecule has 0 saturated carbocycles. The van der Waals surface area contributed by atoms with E-state index in [1.165, 1.54) is 22.4 Å². The second-order valence-corrected chi connectivity index (χ2v) is 6.58. The van der Waals surface area contributed by atoms with Crippen molar-refractivity contribution in [3.05, 3.63) is 53.7 Å². The third kappa shape index (κ3) is 3.44. The standard InChI is InChI=1S/C18H24N/c1-14-8-6-7-9-16(14)17-12-15(10-11-19(17)5)13-18(2,3)4/h6-12H,13H2,1-5H3/q+1. The molecule has 0 bridgehead atoms. The second kappa shape index (κ2) is 5.16. The van der Waals surface area contributed by atoms with E-state index < -0.39 is 0 Å². The van der Waals surface area contributed by atoms with Crippen molar-refractivity contribution in [2.45, 2.75) is 34.1 Å². The molecule has 0 N–H and O–H groups in total. The zero-order valence-electron chi connectivity index (χ0n) is 12.7. The van der Waals surface area contributed by atoms with Gasteiger partial charge in [-0.05, 0) is 36.0 Å². The van der Waals surface area contributed by atoms with Gasteiger partial charge >= 0.3 is 0 Å². The van der Waals surface area contributed by atoms with E-state index >= 15 is 0 Å². The molecule has 0 saturated heterocycles. The van der Waals surface area contributed by atoms with Gasteiger partial charge in [0, 0.05) is 17.7 Å². The molecule has 0 aliphatic heterocycles. The highest BCUT2D eigenvalue weighted by Crippen LogP contribution is 2.24. The predicted molar refractivity (Wildman–Crippen MR) is 81.0 cm³/mol. The summed E-state index contributed by atoms with van der Waals surface area (Å²) in [6.45, 7) is 9.03. The minimum atomic E-state index is 0.322. The maximum absolute atomic E-state index is 2.33. The highest BCUT2D eigenvalue weighted by molar-refractivity contribution is 5.61. The first kappa shape index (κ1) is 13.8. The molecule has 0 amide bonds. The lowest BCUT2D eigenvalue weighted by Gasteiger charge is -2.18. The maximum Gasteiger partial charge on any atom is 0.212 e. The van der Waals surface area contributed by atoms with Crippen LogP contribution in [0.5, 0.6) is 0 Å². The lowest BCUT2D eigenvalue weighted by molar-refractivity contribution is -0.660. The third-order valence-electron chi connectivity index (χ3n) is 3.37. The van der Waals surface area contributed by atoms with Crippen LogP contribution in [-0.2, 0) is 13.5 Å². The molecule has 1 aromatic heterocycles. The Balaban J connectivity index is 2.46. The quantitative estimate of drug-likeness (QED) is 0.711. The molecule has 1 nitrogen and oxygen atoms in total. The Labute approximate surface area is 116 Å². The number of hydrogen-bond acceptors (Lipinski definition) is 0. The molecule has 2 rings (SSSR count). The summed E-state index contributed by atoms with van der Waals surface area (Å²) in [5.41, 5.74) is 5.67. The summed E-state index contributed by atoms with van der Waals surface area (Å²) in [6, 6.07) is 13.1. The van der Waals surface area contributed by atoms with Gasteiger partial charge in [-0.3, -0.25) is 0 Å². The smallest absolute Gasteiger partial charge is 0.201 e. The first-order valence-electron chi connectivity index (χ1n) is 6.91. The first-order chi connectivity index (χ1) is 8.87. The Hall–Kier alpha value is -1.63. The van der Waals surface area contributed by atoms with Crippen LogP contribution in [0, 0.1) is 12.3 Å². The molecule has 1 heteroatoms. The van der Waals surface area contributed by atoms with E-state index in [0.717, 1.165) is 6.42 Å². The Morgan fingerprint density at radius 2 is 1.74 bits per heavy atom. The average molecular weight is 254 g/mol. The predicted octanol–water partition coefficient (Wildman–Crippen LogP) is 4.08. The molecule has 0 unspecified atom stereocenters. The summed E-state index contributed by atoms with van der Waals surface area (Å²) in [6.07, 6.45) is 3.27. The monoisotopic (exact) mass is 254 g/mol. The van der Waals surface area contributed by atoms with Gasteiger partial charge in [0.05, 0.1) is 0 Å². The van der Waals surface area contributed by atoms with Gasteiger partial charge in [-0.25, -0.2) is 4.57 Å². The van der Waals surface area contributed by atoms with Crippen LogP contribution in [0.2, 0.25) is 0 Å². The lowest BCUT2D eigenvalue weighted by Crippen LogP contribution is -2.31. The fraction of sp³-hybridized carbons (Fsp3) is 0.389. The maximum atomic E-state index is 2.33. The molecule has 0 spiro atoms. The fourth-order valence-corrected chi connectivity index (χ4v) is 2.46. The number of hydrogen-bond donors (Lipinski definition) is 0. The average Bonchev–Trinajstić information content (AvgIpc) is 2.31. The number of pyridine rings is 1. The van der Waals surface area contributed by atoms with Gasteiger partial charge in [-0.2, -0.15) is 0 Å². The summed E-state index contributed by atoms with van der Waals surface area (Å²) < 4.78 is 2.20. The summed E-state index contributed by atoms with van der Waals surface area (Å²) in [5.74, 6) is 0. The van der Waals surface area contributed by atoms with Crippen LogP contribution in [0.15, 0.2) is 42.6 Å². The molecule has 1 aromatic carbocycles. The topological polar surface area (TPSA) is 3.88 Å². The zero-order valence-corrected chi connectivity index (χ0v) is 12.7.